The minimum Gasteiger partial charge on any atom is -0.419 e. The van der Waals surface area contributed by atoms with Crippen LogP contribution in [0.5, 0.6) is 0 Å². The molecule has 2 aliphatic heterocycles. The molecule has 0 atom stereocenters. The van der Waals surface area contributed by atoms with Gasteiger partial charge in [0.25, 0.3) is 5.79 Å². The quantitative estimate of drug-likeness (QED) is 0.510. The maximum Gasteiger partial charge on any atom is 0.350 e. The molecule has 3 rings (SSSR count). The van der Waals surface area contributed by atoms with Crippen molar-refractivity contribution in [2.75, 3.05) is 18.9 Å². The predicted octanol–water partition coefficient (Wildman–Crippen LogP) is 1.81. The van der Waals surface area contributed by atoms with Crippen molar-refractivity contribution in [1.82, 2.24) is 4.90 Å². The molecule has 6 nitrogen and oxygen atoms in total. The van der Waals surface area contributed by atoms with E-state index in [4.69, 9.17) is 9.47 Å². The Morgan fingerprint density at radius 3 is 2.57 bits per heavy atom. The molecule has 6 heteroatoms. The molecule has 0 aliphatic carbocycles. The standard InChI is InChI=1S/C17H20N2O4/c1-17(2)22-15(20)14(16(21)23-17)9-18-13-5-4-11-6-7-19(3)10-12(11)8-13/h4-5,8-9,18H,6-7,10H2,1-3H3. The van der Waals surface area contributed by atoms with Crippen molar-refractivity contribution in [3.8, 4) is 0 Å². The van der Waals surface area contributed by atoms with Crippen molar-refractivity contribution in [3.63, 3.8) is 0 Å². The van der Waals surface area contributed by atoms with Crippen LogP contribution < -0.4 is 5.32 Å². The summed E-state index contributed by atoms with van der Waals surface area (Å²) in [5.41, 5.74) is 3.26. The highest BCUT2D eigenvalue weighted by molar-refractivity contribution is 6.15. The molecule has 0 bridgehead atoms. The Morgan fingerprint density at radius 1 is 1.17 bits per heavy atom. The van der Waals surface area contributed by atoms with Gasteiger partial charge in [0, 0.05) is 38.8 Å². The van der Waals surface area contributed by atoms with E-state index in [0.717, 1.165) is 25.2 Å². The highest BCUT2D eigenvalue weighted by Gasteiger charge is 2.38. The number of hydrogen-bond donors (Lipinski definition) is 1. The molecule has 23 heavy (non-hydrogen) atoms. The van der Waals surface area contributed by atoms with Gasteiger partial charge in [0.2, 0.25) is 0 Å². The molecular weight excluding hydrogens is 296 g/mol. The third-order valence-electron chi connectivity index (χ3n) is 3.91. The van der Waals surface area contributed by atoms with E-state index in [1.165, 1.54) is 31.2 Å². The molecule has 1 aromatic rings. The summed E-state index contributed by atoms with van der Waals surface area (Å²) in [4.78, 5) is 26.0. The van der Waals surface area contributed by atoms with E-state index in [1.807, 2.05) is 12.1 Å². The van der Waals surface area contributed by atoms with Gasteiger partial charge in [0.05, 0.1) is 0 Å². The lowest BCUT2D eigenvalue weighted by molar-refractivity contribution is -0.222. The molecule has 2 aliphatic rings. The average Bonchev–Trinajstić information content (AvgIpc) is 2.44. The topological polar surface area (TPSA) is 67.9 Å². The minimum atomic E-state index is -1.22. The van der Waals surface area contributed by atoms with Crippen LogP contribution in [-0.2, 0) is 32.0 Å². The molecule has 0 aromatic heterocycles. The minimum absolute atomic E-state index is 0.140. The molecule has 0 unspecified atom stereocenters. The fraction of sp³-hybridized carbons (Fsp3) is 0.412. The zero-order valence-corrected chi connectivity index (χ0v) is 13.5. The van der Waals surface area contributed by atoms with Crippen molar-refractivity contribution in [2.24, 2.45) is 0 Å². The molecule has 0 saturated carbocycles. The van der Waals surface area contributed by atoms with Crippen LogP contribution in [0.2, 0.25) is 0 Å². The average molecular weight is 316 g/mol. The number of cyclic esters (lactones) is 2. The smallest absolute Gasteiger partial charge is 0.350 e. The van der Waals surface area contributed by atoms with E-state index in [2.05, 4.69) is 23.3 Å². The molecule has 122 valence electrons. The second-order valence-corrected chi connectivity index (χ2v) is 6.35. The number of hydrogen-bond acceptors (Lipinski definition) is 6. The van der Waals surface area contributed by atoms with Crippen molar-refractivity contribution in [2.45, 2.75) is 32.6 Å². The molecule has 1 N–H and O–H groups in total. The maximum absolute atomic E-state index is 11.9. The maximum atomic E-state index is 11.9. The Labute approximate surface area is 135 Å². The summed E-state index contributed by atoms with van der Waals surface area (Å²) >= 11 is 0. The van der Waals surface area contributed by atoms with Crippen LogP contribution in [0.3, 0.4) is 0 Å². The Kier molecular flexibility index (Phi) is 3.85. The van der Waals surface area contributed by atoms with Crippen molar-refractivity contribution >= 4 is 17.6 Å². The number of anilines is 1. The van der Waals surface area contributed by atoms with Gasteiger partial charge in [-0.25, -0.2) is 9.59 Å². The number of ether oxygens (including phenoxy) is 2. The lowest BCUT2D eigenvalue weighted by atomic mass is 9.99. The summed E-state index contributed by atoms with van der Waals surface area (Å²) in [7, 11) is 2.08. The number of nitrogens with one attached hydrogen (secondary N) is 1. The third kappa shape index (κ3) is 3.37. The van der Waals surface area contributed by atoms with Gasteiger partial charge in [-0.15, -0.1) is 0 Å². The zero-order chi connectivity index (χ0) is 16.6. The molecule has 0 radical (unpaired) electrons. The van der Waals surface area contributed by atoms with Gasteiger partial charge in [0.15, 0.2) is 5.57 Å². The van der Waals surface area contributed by atoms with E-state index in [-0.39, 0.29) is 5.57 Å². The van der Waals surface area contributed by atoms with Gasteiger partial charge in [-0.2, -0.15) is 0 Å². The molecule has 0 amide bonds. The Morgan fingerprint density at radius 2 is 1.87 bits per heavy atom. The number of carbonyl (C=O) groups excluding carboxylic acids is 2. The summed E-state index contributed by atoms with van der Waals surface area (Å²) in [6, 6.07) is 6.04. The first-order chi connectivity index (χ1) is 10.8. The number of carbonyl (C=O) groups is 2. The van der Waals surface area contributed by atoms with E-state index < -0.39 is 17.7 Å². The van der Waals surface area contributed by atoms with Gasteiger partial charge in [-0.1, -0.05) is 6.07 Å². The van der Waals surface area contributed by atoms with Crippen molar-refractivity contribution in [3.05, 3.63) is 41.1 Å². The summed E-state index contributed by atoms with van der Waals surface area (Å²) in [5, 5.41) is 2.99. The SMILES string of the molecule is CN1CCc2ccc(NC=C3C(=O)OC(C)(C)OC3=O)cc2C1. The molecule has 2 heterocycles. The predicted molar refractivity (Wildman–Crippen MR) is 84.4 cm³/mol. The summed E-state index contributed by atoms with van der Waals surface area (Å²) in [6.07, 6.45) is 2.37. The number of nitrogens with zero attached hydrogens (tertiary/aromatic N) is 1. The van der Waals surface area contributed by atoms with E-state index in [1.54, 1.807) is 0 Å². The van der Waals surface area contributed by atoms with Crippen LogP contribution in [0.4, 0.5) is 5.69 Å². The monoisotopic (exact) mass is 316 g/mol. The van der Waals surface area contributed by atoms with Crippen LogP contribution >= 0.6 is 0 Å². The molecular formula is C17H20N2O4. The summed E-state index contributed by atoms with van der Waals surface area (Å²) in [6.45, 7) is 4.98. The normalized spacial score (nSPS) is 20.4. The van der Waals surface area contributed by atoms with Gasteiger partial charge < -0.3 is 19.7 Å². The molecule has 0 spiro atoms. The van der Waals surface area contributed by atoms with E-state index in [9.17, 15) is 9.59 Å². The fourth-order valence-corrected chi connectivity index (χ4v) is 2.72. The Bertz CT molecular complexity index is 672. The van der Waals surface area contributed by atoms with Crippen LogP contribution in [-0.4, -0.2) is 36.2 Å². The summed E-state index contributed by atoms with van der Waals surface area (Å²) < 4.78 is 10.1. The van der Waals surface area contributed by atoms with Gasteiger partial charge >= 0.3 is 11.9 Å². The van der Waals surface area contributed by atoms with E-state index >= 15 is 0 Å². The van der Waals surface area contributed by atoms with E-state index in [0.29, 0.717) is 0 Å². The number of esters is 2. The number of rotatable bonds is 2. The Balaban J connectivity index is 1.76. The summed E-state index contributed by atoms with van der Waals surface area (Å²) in [5.74, 6) is -2.59. The first-order valence-electron chi connectivity index (χ1n) is 7.58. The lowest BCUT2D eigenvalue weighted by Crippen LogP contribution is -2.42. The largest absolute Gasteiger partial charge is 0.419 e. The third-order valence-corrected chi connectivity index (χ3v) is 3.91. The van der Waals surface area contributed by atoms with Crippen LogP contribution in [0, 0.1) is 0 Å². The number of fused-ring (bicyclic) bond motifs is 1. The zero-order valence-electron chi connectivity index (χ0n) is 13.5. The van der Waals surface area contributed by atoms with Gasteiger partial charge in [-0.3, -0.25) is 0 Å². The first kappa shape index (κ1) is 15.6. The Hall–Kier alpha value is -2.34. The first-order valence-corrected chi connectivity index (χ1v) is 7.58. The van der Waals surface area contributed by atoms with Crippen LogP contribution in [0.25, 0.3) is 0 Å². The number of likely N-dealkylation sites (N-methyl/N-ethyl adjacent to an activating group) is 1. The molecule has 1 saturated heterocycles. The molecule has 1 aromatic carbocycles. The van der Waals surface area contributed by atoms with Gasteiger partial charge in [-0.05, 0) is 36.7 Å². The van der Waals surface area contributed by atoms with Crippen LogP contribution in [0.15, 0.2) is 30.0 Å². The van der Waals surface area contributed by atoms with Gasteiger partial charge in [0.1, 0.15) is 0 Å². The molecule has 1 fully saturated rings. The lowest BCUT2D eigenvalue weighted by Gasteiger charge is -2.29. The fourth-order valence-electron chi connectivity index (χ4n) is 2.72. The number of benzene rings is 1. The van der Waals surface area contributed by atoms with Crippen molar-refractivity contribution < 1.29 is 19.1 Å². The van der Waals surface area contributed by atoms with Crippen LogP contribution in [0.1, 0.15) is 25.0 Å². The highest BCUT2D eigenvalue weighted by atomic mass is 16.7. The van der Waals surface area contributed by atoms with Crippen molar-refractivity contribution in [1.29, 1.82) is 0 Å². The second-order valence-electron chi connectivity index (χ2n) is 6.35. The highest BCUT2D eigenvalue weighted by Crippen LogP contribution is 2.24. The second kappa shape index (κ2) is 5.70.